The van der Waals surface area contributed by atoms with Crippen molar-refractivity contribution in [3.05, 3.63) is 0 Å². The van der Waals surface area contributed by atoms with Crippen molar-refractivity contribution >= 4 is 0 Å². The van der Waals surface area contributed by atoms with Gasteiger partial charge >= 0.3 is 0 Å². The molecule has 0 saturated heterocycles. The van der Waals surface area contributed by atoms with Crippen LogP contribution in [0.15, 0.2) is 0 Å². The zero-order valence-electron chi connectivity index (χ0n) is 10.6. The van der Waals surface area contributed by atoms with Gasteiger partial charge in [0.2, 0.25) is 0 Å². The number of hydrogen-bond donors (Lipinski definition) is 5. The van der Waals surface area contributed by atoms with E-state index in [1.807, 2.05) is 0 Å². The van der Waals surface area contributed by atoms with Gasteiger partial charge < -0.3 is 26.2 Å². The van der Waals surface area contributed by atoms with Gasteiger partial charge in [-0.1, -0.05) is 13.8 Å². The van der Waals surface area contributed by atoms with Gasteiger partial charge in [0.1, 0.15) is 0 Å². The summed E-state index contributed by atoms with van der Waals surface area (Å²) in [5.41, 5.74) is 1.33. The Bertz CT molecular complexity index is 226. The van der Waals surface area contributed by atoms with E-state index < -0.39 is 29.3 Å². The highest BCUT2D eigenvalue weighted by Crippen LogP contribution is 2.42. The van der Waals surface area contributed by atoms with Crippen LogP contribution in [0.1, 0.15) is 34.1 Å². The first-order valence-corrected chi connectivity index (χ1v) is 5.48. The molecule has 16 heavy (non-hydrogen) atoms. The van der Waals surface area contributed by atoms with Crippen LogP contribution in [-0.2, 0) is 0 Å². The topological polar surface area (TPSA) is 107 Å². The van der Waals surface area contributed by atoms with Crippen molar-refractivity contribution < 1.29 is 20.4 Å². The summed E-state index contributed by atoms with van der Waals surface area (Å²) >= 11 is 0. The van der Waals surface area contributed by atoms with Gasteiger partial charge in [-0.05, 0) is 26.8 Å². The smallest absolute Gasteiger partial charge is 0.0979 e. The molecule has 5 heteroatoms. The van der Waals surface area contributed by atoms with Crippen molar-refractivity contribution in [3.8, 4) is 0 Å². The number of hydrogen-bond acceptors (Lipinski definition) is 5. The van der Waals surface area contributed by atoms with Gasteiger partial charge in [0.15, 0.2) is 0 Å². The maximum absolute atomic E-state index is 10.4. The van der Waals surface area contributed by atoms with Crippen LogP contribution in [0.2, 0.25) is 0 Å². The van der Waals surface area contributed by atoms with E-state index in [0.29, 0.717) is 0 Å². The monoisotopic (exact) mass is 235 g/mol. The van der Waals surface area contributed by atoms with Crippen LogP contribution >= 0.6 is 0 Å². The van der Waals surface area contributed by atoms with Crippen molar-refractivity contribution in [1.29, 1.82) is 0 Å². The van der Waals surface area contributed by atoms with E-state index in [0.717, 1.165) is 0 Å². The number of aliphatic hydroxyl groups is 4. The quantitative estimate of drug-likeness (QED) is 0.415. The Hall–Kier alpha value is -0.200. The molecule has 0 radical (unpaired) electrons. The average Bonchev–Trinajstić information content (AvgIpc) is 2.15. The molecule has 6 N–H and O–H groups in total. The molecule has 0 fully saturated rings. The second-order valence-corrected chi connectivity index (χ2v) is 5.30. The molecule has 0 aromatic rings. The Balaban J connectivity index is 5.16. The van der Waals surface area contributed by atoms with Crippen molar-refractivity contribution in [3.63, 3.8) is 0 Å². The average molecular weight is 235 g/mol. The highest BCUT2D eigenvalue weighted by atomic mass is 16.4. The summed E-state index contributed by atoms with van der Waals surface area (Å²) in [7, 11) is 0. The molecule has 98 valence electrons. The third-order valence-electron chi connectivity index (χ3n) is 3.94. The number of rotatable bonds is 6. The maximum Gasteiger partial charge on any atom is 0.0979 e. The summed E-state index contributed by atoms with van der Waals surface area (Å²) in [6, 6.07) is 0. The summed E-state index contributed by atoms with van der Waals surface area (Å²) < 4.78 is 0. The zero-order valence-corrected chi connectivity index (χ0v) is 10.6. The fourth-order valence-corrected chi connectivity index (χ4v) is 1.77. The highest BCUT2D eigenvalue weighted by molar-refractivity contribution is 5.05. The fourth-order valence-electron chi connectivity index (χ4n) is 1.77. The van der Waals surface area contributed by atoms with E-state index in [1.165, 1.54) is 13.8 Å². The zero-order chi connectivity index (χ0) is 13.2. The third-order valence-corrected chi connectivity index (χ3v) is 3.94. The molecule has 3 unspecified atom stereocenters. The van der Waals surface area contributed by atoms with Crippen molar-refractivity contribution in [2.75, 3.05) is 13.2 Å². The largest absolute Gasteiger partial charge is 0.394 e. The van der Waals surface area contributed by atoms with Crippen LogP contribution in [0.3, 0.4) is 0 Å². The van der Waals surface area contributed by atoms with Crippen LogP contribution in [0.5, 0.6) is 0 Å². The lowest BCUT2D eigenvalue weighted by atomic mass is 9.63. The summed E-state index contributed by atoms with van der Waals surface area (Å²) in [6.45, 7) is 5.88. The molecule has 0 bridgehead atoms. The molecule has 0 aromatic carbocycles. The van der Waals surface area contributed by atoms with Crippen molar-refractivity contribution in [1.82, 2.24) is 0 Å². The minimum Gasteiger partial charge on any atom is -0.394 e. The summed E-state index contributed by atoms with van der Waals surface area (Å²) in [5, 5.41) is 39.3. The van der Waals surface area contributed by atoms with Gasteiger partial charge in [-0.25, -0.2) is 0 Å². The minimum absolute atomic E-state index is 0.210. The van der Waals surface area contributed by atoms with Crippen LogP contribution in [0, 0.1) is 5.41 Å². The first kappa shape index (κ1) is 15.8. The summed E-state index contributed by atoms with van der Waals surface area (Å²) in [4.78, 5) is 0. The first-order valence-electron chi connectivity index (χ1n) is 5.48. The van der Waals surface area contributed by atoms with Gasteiger partial charge in [-0.3, -0.25) is 0 Å². The molecule has 5 nitrogen and oxygen atoms in total. The lowest BCUT2D eigenvalue weighted by molar-refractivity contribution is -0.221. The van der Waals surface area contributed by atoms with Crippen LogP contribution < -0.4 is 5.73 Å². The second kappa shape index (κ2) is 4.98. The molecule has 0 aliphatic rings. The first-order chi connectivity index (χ1) is 7.04. The van der Waals surface area contributed by atoms with Gasteiger partial charge in [0.25, 0.3) is 0 Å². The van der Waals surface area contributed by atoms with Gasteiger partial charge in [0.05, 0.1) is 23.9 Å². The van der Waals surface area contributed by atoms with Gasteiger partial charge in [-0.15, -0.1) is 0 Å². The summed E-state index contributed by atoms with van der Waals surface area (Å²) in [5.74, 6) is 0. The van der Waals surface area contributed by atoms with E-state index in [4.69, 9.17) is 10.8 Å². The Kier molecular flexibility index (Phi) is 4.91. The predicted octanol–water partition coefficient (Wildman–Crippen LogP) is -0.783. The molecular weight excluding hydrogens is 210 g/mol. The van der Waals surface area contributed by atoms with E-state index in [9.17, 15) is 15.3 Å². The van der Waals surface area contributed by atoms with Crippen molar-refractivity contribution in [2.24, 2.45) is 11.1 Å². The molecule has 0 aliphatic carbocycles. The number of aliphatic hydroxyl groups excluding tert-OH is 2. The Morgan fingerprint density at radius 2 is 1.56 bits per heavy atom. The van der Waals surface area contributed by atoms with Crippen molar-refractivity contribution in [2.45, 2.75) is 51.4 Å². The van der Waals surface area contributed by atoms with E-state index >= 15 is 0 Å². The van der Waals surface area contributed by atoms with Crippen LogP contribution in [0.4, 0.5) is 0 Å². The van der Waals surface area contributed by atoms with Crippen LogP contribution in [-0.4, -0.2) is 50.9 Å². The van der Waals surface area contributed by atoms with E-state index in [1.54, 1.807) is 13.8 Å². The molecule has 0 spiro atoms. The van der Waals surface area contributed by atoms with E-state index in [2.05, 4.69) is 0 Å². The molecule has 0 aliphatic heterocycles. The van der Waals surface area contributed by atoms with E-state index in [-0.39, 0.29) is 13.0 Å². The summed E-state index contributed by atoms with van der Waals surface area (Å²) in [6.07, 6.45) is -0.909. The number of nitrogens with two attached hydrogens (primary N) is 1. The lowest BCUT2D eigenvalue weighted by Gasteiger charge is -2.50. The fraction of sp³-hybridized carbons (Fsp3) is 1.00. The molecule has 0 aromatic heterocycles. The van der Waals surface area contributed by atoms with Gasteiger partial charge in [0, 0.05) is 5.41 Å². The van der Waals surface area contributed by atoms with Crippen LogP contribution in [0.25, 0.3) is 0 Å². The highest BCUT2D eigenvalue weighted by Gasteiger charge is 2.54. The molecule has 3 atom stereocenters. The molecular formula is C11H25NO4. The lowest BCUT2D eigenvalue weighted by Crippen LogP contribution is -2.63. The predicted molar refractivity (Wildman–Crippen MR) is 61.8 cm³/mol. The van der Waals surface area contributed by atoms with Gasteiger partial charge in [-0.2, -0.15) is 0 Å². The molecule has 0 heterocycles. The Labute approximate surface area is 96.9 Å². The second-order valence-electron chi connectivity index (χ2n) is 5.30. The normalized spacial score (nSPS) is 22.3. The minimum atomic E-state index is -1.57. The molecule has 0 saturated carbocycles. The SMILES string of the molecule is CC(O)(CCN)C(C)(O)C(C)(C)C(O)CO. The molecule has 0 rings (SSSR count). The Morgan fingerprint density at radius 3 is 1.88 bits per heavy atom. The molecule has 0 amide bonds. The Morgan fingerprint density at radius 1 is 1.12 bits per heavy atom. The standard InChI is InChI=1S/C11H25NO4/c1-9(2,8(14)7-13)11(4,16)10(3,15)5-6-12/h8,13-16H,5-7,12H2,1-4H3. The third kappa shape index (κ3) is 2.55. The maximum atomic E-state index is 10.4.